The van der Waals surface area contributed by atoms with Crippen molar-refractivity contribution in [3.8, 4) is 5.75 Å². The highest BCUT2D eigenvalue weighted by Gasteiger charge is 2.09. The summed E-state index contributed by atoms with van der Waals surface area (Å²) in [5.41, 5.74) is 5.36. The number of aromatic carboxylic acids is 1. The lowest BCUT2D eigenvalue weighted by Crippen LogP contribution is -2.05. The first kappa shape index (κ1) is 18.5. The molecule has 0 radical (unpaired) electrons. The largest absolute Gasteiger partial charge is 0.489 e. The van der Waals surface area contributed by atoms with Crippen LogP contribution < -0.4 is 10.1 Å². The second kappa shape index (κ2) is 8.41. The topological polar surface area (TPSA) is 58.6 Å². The average molecular weight is 361 g/mol. The monoisotopic (exact) mass is 361 g/mol. The van der Waals surface area contributed by atoms with Crippen molar-refractivity contribution in [2.75, 3.05) is 5.32 Å². The number of carboxylic acid groups (broad SMARTS) is 1. The van der Waals surface area contributed by atoms with Gasteiger partial charge in [-0.15, -0.1) is 0 Å². The lowest BCUT2D eigenvalue weighted by molar-refractivity contribution is 0.0696. The Morgan fingerprint density at radius 1 is 0.926 bits per heavy atom. The average Bonchev–Trinajstić information content (AvgIpc) is 2.67. The Bertz CT molecular complexity index is 915. The maximum absolute atomic E-state index is 11.2. The van der Waals surface area contributed by atoms with Crippen LogP contribution in [0.3, 0.4) is 0 Å². The molecule has 3 rings (SSSR count). The van der Waals surface area contributed by atoms with E-state index in [9.17, 15) is 9.90 Å². The smallest absolute Gasteiger partial charge is 0.336 e. The van der Waals surface area contributed by atoms with Crippen LogP contribution in [-0.4, -0.2) is 11.1 Å². The first-order valence-corrected chi connectivity index (χ1v) is 8.87. The van der Waals surface area contributed by atoms with E-state index in [2.05, 4.69) is 36.5 Å². The normalized spacial score (nSPS) is 10.4. The molecule has 0 fully saturated rings. The molecule has 0 saturated carbocycles. The van der Waals surface area contributed by atoms with Crippen LogP contribution in [0, 0.1) is 13.8 Å². The van der Waals surface area contributed by atoms with Gasteiger partial charge in [0.05, 0.1) is 5.56 Å². The van der Waals surface area contributed by atoms with Gasteiger partial charge in [-0.05, 0) is 54.8 Å². The number of anilines is 1. The Hall–Kier alpha value is -3.27. The van der Waals surface area contributed by atoms with Crippen LogP contribution in [0.4, 0.5) is 5.69 Å². The van der Waals surface area contributed by atoms with E-state index < -0.39 is 5.97 Å². The molecule has 0 aliphatic heterocycles. The van der Waals surface area contributed by atoms with Gasteiger partial charge in [0.15, 0.2) is 0 Å². The van der Waals surface area contributed by atoms with E-state index in [1.165, 1.54) is 5.56 Å². The van der Waals surface area contributed by atoms with Crippen molar-refractivity contribution in [3.63, 3.8) is 0 Å². The number of hydrogen-bond acceptors (Lipinski definition) is 3. The van der Waals surface area contributed by atoms with E-state index in [-0.39, 0.29) is 0 Å². The van der Waals surface area contributed by atoms with E-state index in [0.29, 0.717) is 18.7 Å². The minimum atomic E-state index is -0.911. The minimum absolute atomic E-state index is 0.319. The molecule has 0 atom stereocenters. The van der Waals surface area contributed by atoms with Crippen molar-refractivity contribution in [1.82, 2.24) is 0 Å². The SMILES string of the molecule is Cc1ccc(COc2ccc(CNc3cccc(C(=O)O)c3C)cc2)cc1. The molecule has 0 heterocycles. The lowest BCUT2D eigenvalue weighted by atomic mass is 10.1. The molecule has 4 heteroatoms. The fraction of sp³-hybridized carbons (Fsp3) is 0.174. The highest BCUT2D eigenvalue weighted by Crippen LogP contribution is 2.21. The van der Waals surface area contributed by atoms with Gasteiger partial charge in [0.1, 0.15) is 12.4 Å². The molecular weight excluding hydrogens is 338 g/mol. The molecule has 0 unspecified atom stereocenters. The molecule has 4 nitrogen and oxygen atoms in total. The van der Waals surface area contributed by atoms with Gasteiger partial charge in [-0.25, -0.2) is 4.79 Å². The molecule has 3 aromatic rings. The van der Waals surface area contributed by atoms with Crippen LogP contribution in [0.2, 0.25) is 0 Å². The summed E-state index contributed by atoms with van der Waals surface area (Å²) in [6.45, 7) is 5.03. The second-order valence-electron chi connectivity index (χ2n) is 6.56. The number of carboxylic acids is 1. The van der Waals surface area contributed by atoms with Crippen LogP contribution in [0.15, 0.2) is 66.7 Å². The molecule has 0 spiro atoms. The summed E-state index contributed by atoms with van der Waals surface area (Å²) in [6, 6.07) is 21.5. The Morgan fingerprint density at radius 2 is 1.59 bits per heavy atom. The predicted molar refractivity (Wildman–Crippen MR) is 107 cm³/mol. The Kier molecular flexibility index (Phi) is 5.77. The molecule has 0 saturated heterocycles. The number of aryl methyl sites for hydroxylation is 1. The van der Waals surface area contributed by atoms with E-state index in [4.69, 9.17) is 4.74 Å². The van der Waals surface area contributed by atoms with Gasteiger partial charge in [-0.1, -0.05) is 48.0 Å². The molecule has 138 valence electrons. The van der Waals surface area contributed by atoms with Gasteiger partial charge in [0, 0.05) is 12.2 Å². The highest BCUT2D eigenvalue weighted by molar-refractivity contribution is 5.91. The zero-order chi connectivity index (χ0) is 19.2. The minimum Gasteiger partial charge on any atom is -0.489 e. The van der Waals surface area contributed by atoms with Gasteiger partial charge < -0.3 is 15.2 Å². The van der Waals surface area contributed by atoms with Crippen molar-refractivity contribution >= 4 is 11.7 Å². The summed E-state index contributed by atoms with van der Waals surface area (Å²) in [5, 5.41) is 12.5. The molecule has 0 aliphatic carbocycles. The van der Waals surface area contributed by atoms with Gasteiger partial charge in [-0.2, -0.15) is 0 Å². The summed E-state index contributed by atoms with van der Waals surface area (Å²) < 4.78 is 5.83. The predicted octanol–water partition coefficient (Wildman–Crippen LogP) is 5.19. The fourth-order valence-corrected chi connectivity index (χ4v) is 2.81. The Labute approximate surface area is 159 Å². The molecule has 0 amide bonds. The van der Waals surface area contributed by atoms with Crippen molar-refractivity contribution < 1.29 is 14.6 Å². The van der Waals surface area contributed by atoms with Crippen molar-refractivity contribution in [1.29, 1.82) is 0 Å². The van der Waals surface area contributed by atoms with Crippen molar-refractivity contribution in [2.45, 2.75) is 27.0 Å². The number of benzene rings is 3. The summed E-state index contributed by atoms with van der Waals surface area (Å²) in [6.07, 6.45) is 0. The summed E-state index contributed by atoms with van der Waals surface area (Å²) in [7, 11) is 0. The van der Waals surface area contributed by atoms with Gasteiger partial charge in [0.25, 0.3) is 0 Å². The molecule has 3 aromatic carbocycles. The van der Waals surface area contributed by atoms with Crippen LogP contribution in [0.1, 0.15) is 32.6 Å². The van der Waals surface area contributed by atoms with Crippen LogP contribution in [0.25, 0.3) is 0 Å². The van der Waals surface area contributed by atoms with Gasteiger partial charge >= 0.3 is 5.97 Å². The summed E-state index contributed by atoms with van der Waals surface area (Å²) in [5.74, 6) is -0.0883. The van der Waals surface area contributed by atoms with Crippen molar-refractivity contribution in [3.05, 3.63) is 94.5 Å². The number of ether oxygens (including phenoxy) is 1. The summed E-state index contributed by atoms with van der Waals surface area (Å²) in [4.78, 5) is 11.2. The number of carbonyl (C=O) groups is 1. The quantitative estimate of drug-likeness (QED) is 0.608. The number of nitrogens with one attached hydrogen (secondary N) is 1. The number of hydrogen-bond donors (Lipinski definition) is 2. The highest BCUT2D eigenvalue weighted by atomic mass is 16.5. The first-order valence-electron chi connectivity index (χ1n) is 8.87. The molecule has 0 aromatic heterocycles. The van der Waals surface area contributed by atoms with E-state index in [0.717, 1.165) is 28.1 Å². The number of rotatable bonds is 7. The Balaban J connectivity index is 1.57. The van der Waals surface area contributed by atoms with Crippen LogP contribution in [-0.2, 0) is 13.2 Å². The van der Waals surface area contributed by atoms with Crippen LogP contribution >= 0.6 is 0 Å². The van der Waals surface area contributed by atoms with Gasteiger partial charge in [0.2, 0.25) is 0 Å². The first-order chi connectivity index (χ1) is 13.0. The van der Waals surface area contributed by atoms with E-state index in [1.807, 2.05) is 37.3 Å². The third-order valence-electron chi connectivity index (χ3n) is 4.50. The maximum atomic E-state index is 11.2. The zero-order valence-corrected chi connectivity index (χ0v) is 15.5. The fourth-order valence-electron chi connectivity index (χ4n) is 2.81. The van der Waals surface area contributed by atoms with Crippen molar-refractivity contribution in [2.24, 2.45) is 0 Å². The molecule has 27 heavy (non-hydrogen) atoms. The molecule has 2 N–H and O–H groups in total. The zero-order valence-electron chi connectivity index (χ0n) is 15.5. The standard InChI is InChI=1S/C23H23NO3/c1-16-6-8-19(9-7-16)15-27-20-12-10-18(11-13-20)14-24-22-5-3-4-21(17(22)2)23(25)26/h3-13,24H,14-15H2,1-2H3,(H,25,26). The van der Waals surface area contributed by atoms with Crippen LogP contribution in [0.5, 0.6) is 5.75 Å². The third kappa shape index (κ3) is 4.88. The molecular formula is C23H23NO3. The van der Waals surface area contributed by atoms with E-state index in [1.54, 1.807) is 12.1 Å². The molecule has 0 bridgehead atoms. The second-order valence-corrected chi connectivity index (χ2v) is 6.56. The van der Waals surface area contributed by atoms with E-state index >= 15 is 0 Å². The maximum Gasteiger partial charge on any atom is 0.336 e. The van der Waals surface area contributed by atoms with Gasteiger partial charge in [-0.3, -0.25) is 0 Å². The third-order valence-corrected chi connectivity index (χ3v) is 4.50. The Morgan fingerprint density at radius 3 is 2.26 bits per heavy atom. The molecule has 0 aliphatic rings. The summed E-state index contributed by atoms with van der Waals surface area (Å²) >= 11 is 0. The lowest BCUT2D eigenvalue weighted by Gasteiger charge is -2.12.